The topological polar surface area (TPSA) is 47.3 Å². The second-order valence-corrected chi connectivity index (χ2v) is 4.94. The largest absolute Gasteiger partial charge is 0.389 e. The highest BCUT2D eigenvalue weighted by atomic mass is 32.1. The van der Waals surface area contributed by atoms with Crippen LogP contribution in [0.25, 0.3) is 0 Å². The third kappa shape index (κ3) is 2.58. The third-order valence-electron chi connectivity index (χ3n) is 3.49. The molecule has 1 aliphatic carbocycles. The summed E-state index contributed by atoms with van der Waals surface area (Å²) in [6.07, 6.45) is 3.48. The van der Waals surface area contributed by atoms with Crippen molar-refractivity contribution in [2.45, 2.75) is 24.9 Å². The molecule has 1 aromatic rings. The van der Waals surface area contributed by atoms with Crippen molar-refractivity contribution >= 4 is 22.9 Å². The summed E-state index contributed by atoms with van der Waals surface area (Å²) < 4.78 is 5.57. The van der Waals surface area contributed by atoms with E-state index < -0.39 is 0 Å². The fraction of sp³-hybridized carbons (Fsp3) is 0.462. The van der Waals surface area contributed by atoms with Gasteiger partial charge in [0.25, 0.3) is 0 Å². The van der Waals surface area contributed by atoms with Crippen molar-refractivity contribution in [3.05, 3.63) is 29.8 Å². The minimum atomic E-state index is 0.00330. The van der Waals surface area contributed by atoms with Crippen molar-refractivity contribution in [3.63, 3.8) is 0 Å². The number of anilines is 1. The van der Waals surface area contributed by atoms with Crippen LogP contribution in [-0.2, 0) is 4.74 Å². The molecule has 0 atom stereocenters. The molecule has 2 rings (SSSR count). The van der Waals surface area contributed by atoms with Gasteiger partial charge in [-0.3, -0.25) is 0 Å². The van der Waals surface area contributed by atoms with Crippen LogP contribution in [-0.4, -0.2) is 24.2 Å². The van der Waals surface area contributed by atoms with Crippen LogP contribution in [0.1, 0.15) is 24.8 Å². The Morgan fingerprint density at radius 2 is 2.18 bits per heavy atom. The van der Waals surface area contributed by atoms with Crippen LogP contribution < -0.4 is 11.1 Å². The molecule has 0 aliphatic heterocycles. The lowest BCUT2D eigenvalue weighted by molar-refractivity contribution is -0.0601. The molecule has 0 saturated heterocycles. The maximum Gasteiger partial charge on any atom is 0.106 e. The molecule has 1 fully saturated rings. The zero-order valence-electron chi connectivity index (χ0n) is 10.0. The number of nitrogens with one attached hydrogen (secondary N) is 1. The Balaban J connectivity index is 2.06. The van der Waals surface area contributed by atoms with Crippen LogP contribution >= 0.6 is 12.2 Å². The van der Waals surface area contributed by atoms with Crippen molar-refractivity contribution < 1.29 is 4.74 Å². The molecule has 0 radical (unpaired) electrons. The summed E-state index contributed by atoms with van der Waals surface area (Å²) in [6, 6.07) is 7.85. The number of methoxy groups -OCH3 is 1. The summed E-state index contributed by atoms with van der Waals surface area (Å²) in [5, 5.41) is 3.40. The van der Waals surface area contributed by atoms with E-state index in [0.29, 0.717) is 4.99 Å². The van der Waals surface area contributed by atoms with Gasteiger partial charge in [-0.25, -0.2) is 0 Å². The number of nitrogens with two attached hydrogens (primary N) is 1. The van der Waals surface area contributed by atoms with Gasteiger partial charge in [0.1, 0.15) is 4.99 Å². The number of hydrogen-bond donors (Lipinski definition) is 2. The fourth-order valence-electron chi connectivity index (χ4n) is 2.13. The molecular weight excluding hydrogens is 232 g/mol. The van der Waals surface area contributed by atoms with Crippen molar-refractivity contribution in [2.75, 3.05) is 19.0 Å². The predicted octanol–water partition coefficient (Wildman–Crippen LogP) is 2.30. The molecule has 0 unspecified atom stereocenters. The lowest BCUT2D eigenvalue weighted by Gasteiger charge is -2.40. The van der Waals surface area contributed by atoms with Gasteiger partial charge in [0.2, 0.25) is 0 Å². The number of rotatable bonds is 5. The third-order valence-corrected chi connectivity index (χ3v) is 3.71. The molecule has 3 N–H and O–H groups in total. The Hall–Kier alpha value is -1.13. The number of benzene rings is 1. The first-order valence-corrected chi connectivity index (χ1v) is 6.25. The lowest BCUT2D eigenvalue weighted by atomic mass is 9.80. The molecule has 17 heavy (non-hydrogen) atoms. The first-order chi connectivity index (χ1) is 8.17. The van der Waals surface area contributed by atoms with E-state index in [1.54, 1.807) is 7.11 Å². The minimum absolute atomic E-state index is 0.00330. The van der Waals surface area contributed by atoms with E-state index in [9.17, 15) is 0 Å². The van der Waals surface area contributed by atoms with Gasteiger partial charge < -0.3 is 15.8 Å². The number of para-hydroxylation sites is 1. The van der Waals surface area contributed by atoms with Crippen LogP contribution in [0.4, 0.5) is 5.69 Å². The molecule has 4 heteroatoms. The van der Waals surface area contributed by atoms with Crippen LogP contribution in [0.15, 0.2) is 24.3 Å². The summed E-state index contributed by atoms with van der Waals surface area (Å²) in [5.74, 6) is 0. The Kier molecular flexibility index (Phi) is 3.64. The molecule has 1 aliphatic rings. The molecule has 0 heterocycles. The van der Waals surface area contributed by atoms with Gasteiger partial charge in [-0.1, -0.05) is 24.4 Å². The van der Waals surface area contributed by atoms with Crippen molar-refractivity contribution in [1.82, 2.24) is 0 Å². The first kappa shape index (κ1) is 12.3. The molecule has 92 valence electrons. The van der Waals surface area contributed by atoms with E-state index in [4.69, 9.17) is 22.7 Å². The average molecular weight is 250 g/mol. The molecule has 0 spiro atoms. The van der Waals surface area contributed by atoms with E-state index in [-0.39, 0.29) is 5.60 Å². The Bertz CT molecular complexity index is 410. The number of hydrogen-bond acceptors (Lipinski definition) is 3. The van der Waals surface area contributed by atoms with Crippen LogP contribution in [0.5, 0.6) is 0 Å². The second-order valence-electron chi connectivity index (χ2n) is 4.50. The minimum Gasteiger partial charge on any atom is -0.389 e. The molecule has 1 saturated carbocycles. The van der Waals surface area contributed by atoms with Gasteiger partial charge in [-0.15, -0.1) is 0 Å². The summed E-state index contributed by atoms with van der Waals surface area (Å²) in [5.41, 5.74) is 7.58. The summed E-state index contributed by atoms with van der Waals surface area (Å²) in [7, 11) is 1.78. The Morgan fingerprint density at radius 1 is 1.47 bits per heavy atom. The molecule has 0 aromatic heterocycles. The van der Waals surface area contributed by atoms with Crippen LogP contribution in [0, 0.1) is 0 Å². The normalized spacial score (nSPS) is 17.2. The molecule has 0 bridgehead atoms. The van der Waals surface area contributed by atoms with E-state index >= 15 is 0 Å². The summed E-state index contributed by atoms with van der Waals surface area (Å²) >= 11 is 5.03. The van der Waals surface area contributed by atoms with E-state index in [2.05, 4.69) is 5.32 Å². The van der Waals surface area contributed by atoms with Crippen LogP contribution in [0.2, 0.25) is 0 Å². The van der Waals surface area contributed by atoms with Crippen molar-refractivity contribution in [3.8, 4) is 0 Å². The van der Waals surface area contributed by atoms with Gasteiger partial charge >= 0.3 is 0 Å². The average Bonchev–Trinajstić information content (AvgIpc) is 2.28. The van der Waals surface area contributed by atoms with Crippen LogP contribution in [0.3, 0.4) is 0 Å². The Labute approximate surface area is 107 Å². The zero-order valence-corrected chi connectivity index (χ0v) is 10.8. The molecular formula is C13H18N2OS. The maximum atomic E-state index is 5.69. The standard InChI is InChI=1S/C13H18N2OS/c1-16-13(7-4-8-13)9-15-11-6-3-2-5-10(11)12(14)17/h2-3,5-6,15H,4,7-9H2,1H3,(H2,14,17). The van der Waals surface area contributed by atoms with Gasteiger partial charge in [-0.05, 0) is 31.4 Å². The molecule has 3 nitrogen and oxygen atoms in total. The first-order valence-electron chi connectivity index (χ1n) is 5.85. The predicted molar refractivity (Wildman–Crippen MR) is 74.4 cm³/mol. The summed E-state index contributed by atoms with van der Waals surface area (Å²) in [6.45, 7) is 0.809. The Morgan fingerprint density at radius 3 is 2.71 bits per heavy atom. The number of thiocarbonyl (C=S) groups is 1. The smallest absolute Gasteiger partial charge is 0.106 e. The molecule has 1 aromatic carbocycles. The lowest BCUT2D eigenvalue weighted by Crippen LogP contribution is -2.45. The number of ether oxygens (including phenoxy) is 1. The highest BCUT2D eigenvalue weighted by molar-refractivity contribution is 7.80. The van der Waals surface area contributed by atoms with E-state index in [1.807, 2.05) is 24.3 Å². The summed E-state index contributed by atoms with van der Waals surface area (Å²) in [4.78, 5) is 0.424. The van der Waals surface area contributed by atoms with Gasteiger partial charge in [0.05, 0.1) is 5.60 Å². The zero-order chi connectivity index (χ0) is 12.3. The monoisotopic (exact) mass is 250 g/mol. The van der Waals surface area contributed by atoms with E-state index in [0.717, 1.165) is 30.6 Å². The highest BCUT2D eigenvalue weighted by Gasteiger charge is 2.36. The van der Waals surface area contributed by atoms with Gasteiger partial charge in [-0.2, -0.15) is 0 Å². The van der Waals surface area contributed by atoms with Crippen molar-refractivity contribution in [2.24, 2.45) is 5.73 Å². The maximum absolute atomic E-state index is 5.69. The van der Waals surface area contributed by atoms with Gasteiger partial charge in [0, 0.05) is 24.9 Å². The highest BCUT2D eigenvalue weighted by Crippen LogP contribution is 2.35. The SMILES string of the molecule is COC1(CNc2ccccc2C(N)=S)CCC1. The molecule has 0 amide bonds. The quantitative estimate of drug-likeness (QED) is 0.787. The second kappa shape index (κ2) is 5.02. The van der Waals surface area contributed by atoms with Gasteiger partial charge in [0.15, 0.2) is 0 Å². The fourth-order valence-corrected chi connectivity index (χ4v) is 2.31. The van der Waals surface area contributed by atoms with E-state index in [1.165, 1.54) is 6.42 Å². The van der Waals surface area contributed by atoms with Crippen molar-refractivity contribution in [1.29, 1.82) is 0 Å².